The van der Waals surface area contributed by atoms with E-state index >= 15 is 0 Å². The van der Waals surface area contributed by atoms with E-state index in [1.54, 1.807) is 42.5 Å². The molecule has 1 aliphatic heterocycles. The van der Waals surface area contributed by atoms with Gasteiger partial charge in [0.15, 0.2) is 0 Å². The number of ether oxygens (including phenoxy) is 1. The molecule has 0 aromatic heterocycles. The number of halogens is 1. The fraction of sp³-hybridized carbons (Fsp3) is 0.318. The van der Waals surface area contributed by atoms with Crippen LogP contribution in [-0.4, -0.2) is 44.3 Å². The number of carbonyl (C=O) groups excluding carboxylic acids is 1. The molecule has 1 amide bonds. The predicted molar refractivity (Wildman–Crippen MR) is 113 cm³/mol. The molecule has 9 heteroatoms. The zero-order valence-electron chi connectivity index (χ0n) is 17.0. The van der Waals surface area contributed by atoms with E-state index in [9.17, 15) is 22.7 Å². The molecule has 1 heterocycles. The standard InChI is InChI=1S/C22H25FN2O5S/c1-15-6-9-18(10-7-15)31(28,29)25-20-11-8-17(30-21(20)14-26)12-22(27)24-13-16-4-2-3-5-19(16)23/h2-11,17,20-21,25-26H,12-14H2,1H3,(H,24,27)/t17-,20+,21+/m1/s1. The zero-order chi connectivity index (χ0) is 22.4. The van der Waals surface area contributed by atoms with E-state index in [1.807, 2.05) is 6.92 Å². The molecule has 2 aromatic carbocycles. The normalized spacial score (nSPS) is 21.1. The SMILES string of the molecule is Cc1ccc(S(=O)(=O)N[C@H]2C=C[C@H](CC(=O)NCc3ccccc3F)O[C@H]2CO)cc1. The third-order valence-corrected chi connectivity index (χ3v) is 6.38. The number of sulfonamides is 1. The molecule has 0 saturated carbocycles. The molecule has 31 heavy (non-hydrogen) atoms. The maximum Gasteiger partial charge on any atom is 0.241 e. The molecule has 0 spiro atoms. The van der Waals surface area contributed by atoms with Crippen molar-refractivity contribution in [2.75, 3.05) is 6.61 Å². The molecule has 2 aromatic rings. The first kappa shape index (κ1) is 23.1. The van der Waals surface area contributed by atoms with Gasteiger partial charge in [-0.1, -0.05) is 48.0 Å². The summed E-state index contributed by atoms with van der Waals surface area (Å²) in [6.07, 6.45) is 1.62. The van der Waals surface area contributed by atoms with Gasteiger partial charge < -0.3 is 15.2 Å². The Balaban J connectivity index is 1.59. The highest BCUT2D eigenvalue weighted by Crippen LogP contribution is 2.19. The molecular formula is C22H25FN2O5S. The van der Waals surface area contributed by atoms with Crippen LogP contribution in [0.25, 0.3) is 0 Å². The van der Waals surface area contributed by atoms with Gasteiger partial charge in [0.1, 0.15) is 11.9 Å². The van der Waals surface area contributed by atoms with Gasteiger partial charge in [-0.15, -0.1) is 0 Å². The lowest BCUT2D eigenvalue weighted by atomic mass is 10.1. The molecule has 0 saturated heterocycles. The van der Waals surface area contributed by atoms with Gasteiger partial charge in [-0.05, 0) is 25.1 Å². The molecule has 0 bridgehead atoms. The van der Waals surface area contributed by atoms with E-state index in [1.165, 1.54) is 18.2 Å². The third kappa shape index (κ3) is 6.20. The Hall–Kier alpha value is -2.59. The largest absolute Gasteiger partial charge is 0.394 e. The van der Waals surface area contributed by atoms with Gasteiger partial charge in [-0.3, -0.25) is 4.79 Å². The number of amides is 1. The smallest absolute Gasteiger partial charge is 0.241 e. The Bertz CT molecular complexity index is 1040. The van der Waals surface area contributed by atoms with Crippen LogP contribution in [-0.2, 0) is 26.1 Å². The summed E-state index contributed by atoms with van der Waals surface area (Å²) in [4.78, 5) is 12.3. The van der Waals surface area contributed by atoms with Crippen molar-refractivity contribution in [1.82, 2.24) is 10.0 Å². The number of aryl methyl sites for hydroxylation is 1. The quantitative estimate of drug-likeness (QED) is 0.534. The molecule has 0 radical (unpaired) electrons. The highest BCUT2D eigenvalue weighted by Gasteiger charge is 2.31. The number of hydrogen-bond donors (Lipinski definition) is 3. The number of carbonyl (C=O) groups is 1. The summed E-state index contributed by atoms with van der Waals surface area (Å²) in [5.74, 6) is -0.756. The van der Waals surface area contributed by atoms with Crippen LogP contribution in [0.3, 0.4) is 0 Å². The second kappa shape index (κ2) is 10.1. The molecule has 0 fully saturated rings. The van der Waals surface area contributed by atoms with Crippen LogP contribution in [0.15, 0.2) is 65.6 Å². The molecule has 3 rings (SSSR count). The van der Waals surface area contributed by atoms with Gasteiger partial charge in [0.25, 0.3) is 0 Å². The van der Waals surface area contributed by atoms with Gasteiger partial charge in [0.2, 0.25) is 15.9 Å². The Morgan fingerprint density at radius 3 is 2.52 bits per heavy atom. The Kier molecular flexibility index (Phi) is 7.55. The van der Waals surface area contributed by atoms with Crippen molar-refractivity contribution < 1.29 is 27.4 Å². The van der Waals surface area contributed by atoms with Crippen LogP contribution in [0.5, 0.6) is 0 Å². The van der Waals surface area contributed by atoms with Crippen molar-refractivity contribution >= 4 is 15.9 Å². The predicted octanol–water partition coefficient (Wildman–Crippen LogP) is 1.80. The maximum absolute atomic E-state index is 13.6. The van der Waals surface area contributed by atoms with E-state index in [0.717, 1.165) is 5.56 Å². The van der Waals surface area contributed by atoms with Crippen molar-refractivity contribution in [2.24, 2.45) is 0 Å². The molecule has 7 nitrogen and oxygen atoms in total. The first-order chi connectivity index (χ1) is 14.8. The number of nitrogens with one attached hydrogen (secondary N) is 2. The summed E-state index contributed by atoms with van der Waals surface area (Å²) >= 11 is 0. The maximum atomic E-state index is 13.6. The number of hydrogen-bond acceptors (Lipinski definition) is 5. The number of rotatable bonds is 8. The second-order valence-electron chi connectivity index (χ2n) is 7.31. The van der Waals surface area contributed by atoms with Crippen molar-refractivity contribution in [2.45, 2.75) is 43.0 Å². The summed E-state index contributed by atoms with van der Waals surface area (Å²) in [6, 6.07) is 11.8. The van der Waals surface area contributed by atoms with Crippen LogP contribution < -0.4 is 10.0 Å². The Labute approximate surface area is 181 Å². The van der Waals surface area contributed by atoms with Gasteiger partial charge in [0, 0.05) is 12.1 Å². The second-order valence-corrected chi connectivity index (χ2v) is 9.03. The molecule has 0 unspecified atom stereocenters. The summed E-state index contributed by atoms with van der Waals surface area (Å²) in [6.45, 7) is 1.47. The number of aliphatic hydroxyl groups is 1. The van der Waals surface area contributed by atoms with Crippen molar-refractivity contribution in [1.29, 1.82) is 0 Å². The van der Waals surface area contributed by atoms with Crippen LogP contribution in [0.4, 0.5) is 4.39 Å². The van der Waals surface area contributed by atoms with Gasteiger partial charge in [0.05, 0.1) is 30.1 Å². The lowest BCUT2D eigenvalue weighted by molar-refractivity contribution is -0.125. The van der Waals surface area contributed by atoms with Gasteiger partial charge >= 0.3 is 0 Å². The molecular weight excluding hydrogens is 423 g/mol. The molecule has 3 N–H and O–H groups in total. The minimum atomic E-state index is -3.81. The monoisotopic (exact) mass is 448 g/mol. The minimum Gasteiger partial charge on any atom is -0.394 e. The Morgan fingerprint density at radius 1 is 1.13 bits per heavy atom. The summed E-state index contributed by atoms with van der Waals surface area (Å²) < 4.78 is 47.1. The van der Waals surface area contributed by atoms with E-state index in [2.05, 4.69) is 10.0 Å². The fourth-order valence-corrected chi connectivity index (χ4v) is 4.38. The molecule has 3 atom stereocenters. The van der Waals surface area contributed by atoms with Crippen molar-refractivity contribution in [3.8, 4) is 0 Å². The van der Waals surface area contributed by atoms with E-state index in [4.69, 9.17) is 4.74 Å². The highest BCUT2D eigenvalue weighted by atomic mass is 32.2. The first-order valence-electron chi connectivity index (χ1n) is 9.82. The van der Waals surface area contributed by atoms with E-state index in [-0.39, 0.29) is 23.8 Å². The zero-order valence-corrected chi connectivity index (χ0v) is 17.8. The van der Waals surface area contributed by atoms with E-state index < -0.39 is 40.7 Å². The van der Waals surface area contributed by atoms with Gasteiger partial charge in [-0.25, -0.2) is 17.5 Å². The summed E-state index contributed by atoms with van der Waals surface area (Å²) in [7, 11) is -3.81. The lowest BCUT2D eigenvalue weighted by Crippen LogP contribution is -2.49. The van der Waals surface area contributed by atoms with E-state index in [0.29, 0.717) is 5.56 Å². The fourth-order valence-electron chi connectivity index (χ4n) is 3.17. The van der Waals surface area contributed by atoms with Gasteiger partial charge in [-0.2, -0.15) is 0 Å². The molecule has 1 aliphatic rings. The molecule has 166 valence electrons. The van der Waals surface area contributed by atoms with Crippen LogP contribution >= 0.6 is 0 Å². The third-order valence-electron chi connectivity index (χ3n) is 4.91. The summed E-state index contributed by atoms with van der Waals surface area (Å²) in [5, 5.41) is 12.3. The number of benzene rings is 2. The minimum absolute atomic E-state index is 0.0428. The van der Waals surface area contributed by atoms with Crippen LogP contribution in [0, 0.1) is 12.7 Å². The summed E-state index contributed by atoms with van der Waals surface area (Å²) in [5.41, 5.74) is 1.30. The van der Waals surface area contributed by atoms with Crippen LogP contribution in [0.1, 0.15) is 17.5 Å². The highest BCUT2D eigenvalue weighted by molar-refractivity contribution is 7.89. The van der Waals surface area contributed by atoms with Crippen molar-refractivity contribution in [3.05, 3.63) is 77.6 Å². The average Bonchev–Trinajstić information content (AvgIpc) is 2.74. The lowest BCUT2D eigenvalue weighted by Gasteiger charge is -2.31. The first-order valence-corrected chi connectivity index (χ1v) is 11.3. The van der Waals surface area contributed by atoms with Crippen LogP contribution in [0.2, 0.25) is 0 Å². The Morgan fingerprint density at radius 2 is 1.84 bits per heavy atom. The number of aliphatic hydroxyl groups excluding tert-OH is 1. The van der Waals surface area contributed by atoms with Crippen molar-refractivity contribution in [3.63, 3.8) is 0 Å². The topological polar surface area (TPSA) is 105 Å². The average molecular weight is 449 g/mol. The molecule has 0 aliphatic carbocycles.